The van der Waals surface area contributed by atoms with E-state index in [4.69, 9.17) is 16.0 Å². The van der Waals surface area contributed by atoms with Crippen molar-refractivity contribution in [2.24, 2.45) is 0 Å². The van der Waals surface area contributed by atoms with E-state index >= 15 is 0 Å². The Hall–Kier alpha value is -1.37. The number of ketones is 1. The van der Waals surface area contributed by atoms with Crippen molar-refractivity contribution in [3.63, 3.8) is 0 Å². The second-order valence-corrected chi connectivity index (χ2v) is 7.80. The molecule has 0 aliphatic carbocycles. The molecule has 3 rings (SSSR count). The monoisotopic (exact) mass is 327 g/mol. The highest BCUT2D eigenvalue weighted by atomic mass is 35.5. The topological polar surface area (TPSA) is 76.4 Å². The van der Waals surface area contributed by atoms with Gasteiger partial charge in [0.1, 0.15) is 0 Å². The van der Waals surface area contributed by atoms with E-state index in [1.165, 1.54) is 0 Å². The highest BCUT2D eigenvalue weighted by molar-refractivity contribution is 7.91. The molecule has 0 spiro atoms. The molecular formula is C14H14ClNO4S. The first kappa shape index (κ1) is 14.6. The molecule has 1 N–H and O–H groups in total. The summed E-state index contributed by atoms with van der Waals surface area (Å²) in [5.74, 6) is 0.0947. The van der Waals surface area contributed by atoms with Crippen LogP contribution in [0.25, 0.3) is 11.0 Å². The number of carbonyl (C=O) groups excluding carboxylic acids is 1. The highest BCUT2D eigenvalue weighted by Gasteiger charge is 2.27. The number of fused-ring (bicyclic) bond motifs is 1. The van der Waals surface area contributed by atoms with Crippen molar-refractivity contribution in [3.8, 4) is 0 Å². The molecule has 1 unspecified atom stereocenters. The summed E-state index contributed by atoms with van der Waals surface area (Å²) in [7, 11) is -3.06. The van der Waals surface area contributed by atoms with E-state index < -0.39 is 9.84 Å². The van der Waals surface area contributed by atoms with Crippen molar-refractivity contribution in [3.05, 3.63) is 35.0 Å². The van der Waals surface area contributed by atoms with E-state index in [0.717, 1.165) is 5.39 Å². The van der Waals surface area contributed by atoms with Crippen LogP contribution in [0.4, 0.5) is 0 Å². The Bertz CT molecular complexity index is 796. The summed E-state index contributed by atoms with van der Waals surface area (Å²) in [6, 6.07) is 6.56. The number of rotatable bonds is 3. The van der Waals surface area contributed by atoms with Gasteiger partial charge in [0.2, 0.25) is 0 Å². The Morgan fingerprint density at radius 3 is 2.95 bits per heavy atom. The average Bonchev–Trinajstić information content (AvgIpc) is 2.83. The summed E-state index contributed by atoms with van der Waals surface area (Å²) >= 11 is 6.01. The summed E-state index contributed by atoms with van der Waals surface area (Å²) in [5, 5.41) is 4.26. The van der Waals surface area contributed by atoms with Crippen LogP contribution in [-0.2, 0) is 9.84 Å². The number of halogens is 1. The molecular weight excluding hydrogens is 314 g/mol. The van der Waals surface area contributed by atoms with Crippen LogP contribution in [0.2, 0.25) is 5.02 Å². The lowest BCUT2D eigenvalue weighted by atomic mass is 10.1. The lowest BCUT2D eigenvalue weighted by Gasteiger charge is -2.22. The van der Waals surface area contributed by atoms with Gasteiger partial charge < -0.3 is 9.73 Å². The molecule has 0 amide bonds. The Morgan fingerprint density at radius 2 is 2.24 bits per heavy atom. The maximum atomic E-state index is 12.2. The Labute approximate surface area is 127 Å². The van der Waals surface area contributed by atoms with E-state index in [1.807, 2.05) is 6.07 Å². The molecule has 112 valence electrons. The fourth-order valence-corrected chi connectivity index (χ4v) is 4.15. The third-order valence-electron chi connectivity index (χ3n) is 3.50. The minimum atomic E-state index is -3.06. The molecule has 21 heavy (non-hydrogen) atoms. The maximum absolute atomic E-state index is 12.2. The van der Waals surface area contributed by atoms with Gasteiger partial charge in [-0.05, 0) is 12.1 Å². The van der Waals surface area contributed by atoms with Crippen molar-refractivity contribution < 1.29 is 17.6 Å². The SMILES string of the molecule is O=C(CC1CS(=O)(=O)CCN1)c1cc2cccc(Cl)c2o1. The molecule has 1 fully saturated rings. The van der Waals surface area contributed by atoms with Crippen LogP contribution >= 0.6 is 11.6 Å². The van der Waals surface area contributed by atoms with Crippen LogP contribution in [0.3, 0.4) is 0 Å². The molecule has 7 heteroatoms. The van der Waals surface area contributed by atoms with Gasteiger partial charge in [-0.15, -0.1) is 0 Å². The number of furan rings is 1. The Kier molecular flexibility index (Phi) is 3.77. The first-order chi connectivity index (χ1) is 9.94. The van der Waals surface area contributed by atoms with Crippen LogP contribution in [0.5, 0.6) is 0 Å². The van der Waals surface area contributed by atoms with Crippen molar-refractivity contribution in [2.75, 3.05) is 18.1 Å². The van der Waals surface area contributed by atoms with Crippen molar-refractivity contribution in [1.82, 2.24) is 5.32 Å². The molecule has 1 aliphatic rings. The standard InChI is InChI=1S/C14H14ClNO4S/c15-11-3-1-2-9-6-13(20-14(9)11)12(17)7-10-8-21(18,19)5-4-16-10/h1-3,6,10,16H,4-5,7-8H2. The summed E-state index contributed by atoms with van der Waals surface area (Å²) in [6.07, 6.45) is 0.0939. The second kappa shape index (κ2) is 5.44. The number of hydrogen-bond donors (Lipinski definition) is 1. The van der Waals surface area contributed by atoms with Gasteiger partial charge in [-0.2, -0.15) is 0 Å². The molecule has 5 nitrogen and oxygen atoms in total. The minimum Gasteiger partial charge on any atom is -0.451 e. The first-order valence-corrected chi connectivity index (χ1v) is 8.80. The largest absolute Gasteiger partial charge is 0.451 e. The molecule has 1 aromatic heterocycles. The second-order valence-electron chi connectivity index (χ2n) is 5.16. The highest BCUT2D eigenvalue weighted by Crippen LogP contribution is 2.27. The number of hydrogen-bond acceptors (Lipinski definition) is 5. The molecule has 0 radical (unpaired) electrons. The molecule has 0 saturated carbocycles. The Balaban J connectivity index is 1.79. The number of Topliss-reactive ketones (excluding diaryl/α,β-unsaturated/α-hetero) is 1. The molecule has 0 bridgehead atoms. The maximum Gasteiger partial charge on any atom is 0.199 e. The predicted octanol–water partition coefficient (Wildman–Crippen LogP) is 2.05. The van der Waals surface area contributed by atoms with Gasteiger partial charge in [-0.1, -0.05) is 23.7 Å². The van der Waals surface area contributed by atoms with E-state index in [1.54, 1.807) is 18.2 Å². The normalized spacial score (nSPS) is 21.5. The van der Waals surface area contributed by atoms with E-state index in [9.17, 15) is 13.2 Å². The number of nitrogens with one attached hydrogen (secondary N) is 1. The first-order valence-electron chi connectivity index (χ1n) is 6.60. The number of sulfone groups is 1. The van der Waals surface area contributed by atoms with Crippen molar-refractivity contribution >= 4 is 38.2 Å². The summed E-state index contributed by atoms with van der Waals surface area (Å²) in [5.41, 5.74) is 0.478. The van der Waals surface area contributed by atoms with Gasteiger partial charge in [0.15, 0.2) is 27.0 Å². The molecule has 2 aromatic rings. The average molecular weight is 328 g/mol. The van der Waals surface area contributed by atoms with E-state index in [2.05, 4.69) is 5.32 Å². The number of benzene rings is 1. The summed E-state index contributed by atoms with van der Waals surface area (Å²) in [6.45, 7) is 0.381. The minimum absolute atomic E-state index is 0.0142. The molecule has 2 heterocycles. The van der Waals surface area contributed by atoms with Crippen molar-refractivity contribution in [2.45, 2.75) is 12.5 Å². The van der Waals surface area contributed by atoms with Crippen LogP contribution in [-0.4, -0.2) is 38.3 Å². The zero-order chi connectivity index (χ0) is 15.0. The zero-order valence-electron chi connectivity index (χ0n) is 11.1. The smallest absolute Gasteiger partial charge is 0.199 e. The van der Waals surface area contributed by atoms with Crippen LogP contribution in [0, 0.1) is 0 Å². The number of carbonyl (C=O) groups is 1. The van der Waals surface area contributed by atoms with E-state index in [-0.39, 0.29) is 35.5 Å². The predicted molar refractivity (Wildman–Crippen MR) is 80.6 cm³/mol. The number of para-hydroxylation sites is 1. The zero-order valence-corrected chi connectivity index (χ0v) is 12.7. The Morgan fingerprint density at radius 1 is 1.43 bits per heavy atom. The van der Waals surface area contributed by atoms with Crippen molar-refractivity contribution in [1.29, 1.82) is 0 Å². The summed E-state index contributed by atoms with van der Waals surface area (Å²) in [4.78, 5) is 12.2. The van der Waals surface area contributed by atoms with Gasteiger partial charge in [0, 0.05) is 24.4 Å². The van der Waals surface area contributed by atoms with Crippen LogP contribution in [0.1, 0.15) is 17.0 Å². The van der Waals surface area contributed by atoms with E-state index in [0.29, 0.717) is 17.2 Å². The third-order valence-corrected chi connectivity index (χ3v) is 5.54. The van der Waals surface area contributed by atoms with Gasteiger partial charge in [-0.25, -0.2) is 8.42 Å². The van der Waals surface area contributed by atoms with Gasteiger partial charge in [0.05, 0.1) is 16.5 Å². The lowest BCUT2D eigenvalue weighted by molar-refractivity contribution is 0.0947. The van der Waals surface area contributed by atoms with Gasteiger partial charge >= 0.3 is 0 Å². The lowest BCUT2D eigenvalue weighted by Crippen LogP contribution is -2.45. The fraction of sp³-hybridized carbons (Fsp3) is 0.357. The van der Waals surface area contributed by atoms with Crippen LogP contribution < -0.4 is 5.32 Å². The van der Waals surface area contributed by atoms with Crippen LogP contribution in [0.15, 0.2) is 28.7 Å². The molecule has 1 atom stereocenters. The third kappa shape index (κ3) is 3.12. The summed E-state index contributed by atoms with van der Waals surface area (Å²) < 4.78 is 28.6. The quantitative estimate of drug-likeness (QED) is 0.873. The van der Waals surface area contributed by atoms with Gasteiger partial charge in [0.25, 0.3) is 0 Å². The fourth-order valence-electron chi connectivity index (χ4n) is 2.49. The molecule has 1 aliphatic heterocycles. The van der Waals surface area contributed by atoms with Gasteiger partial charge in [-0.3, -0.25) is 4.79 Å². The molecule has 1 saturated heterocycles. The molecule has 1 aromatic carbocycles.